The quantitative estimate of drug-likeness (QED) is 0.849. The predicted molar refractivity (Wildman–Crippen MR) is 76.6 cm³/mol. The van der Waals surface area contributed by atoms with Crippen LogP contribution in [0.4, 0.5) is 0 Å². The second-order valence-corrected chi connectivity index (χ2v) is 5.57. The maximum atomic E-state index is 12.7. The zero-order chi connectivity index (χ0) is 13.9. The fraction of sp³-hybridized carbons (Fsp3) is 0.562. The molecule has 20 heavy (non-hydrogen) atoms. The summed E-state index contributed by atoms with van der Waals surface area (Å²) in [5, 5.41) is 0. The van der Waals surface area contributed by atoms with Crippen LogP contribution in [-0.2, 0) is 0 Å². The van der Waals surface area contributed by atoms with Crippen LogP contribution in [0, 0.1) is 5.92 Å². The van der Waals surface area contributed by atoms with Crippen LogP contribution < -0.4 is 9.47 Å². The number of nitrogens with zero attached hydrogens (tertiary/aromatic N) is 1. The van der Waals surface area contributed by atoms with Gasteiger partial charge in [-0.1, -0.05) is 0 Å². The number of carbonyl (C=O) groups excluding carboxylic acids is 1. The van der Waals surface area contributed by atoms with Gasteiger partial charge in [0.2, 0.25) is 0 Å². The Labute approximate surface area is 119 Å². The van der Waals surface area contributed by atoms with Crippen LogP contribution in [0.15, 0.2) is 18.2 Å². The van der Waals surface area contributed by atoms with Crippen molar-refractivity contribution in [3.63, 3.8) is 0 Å². The van der Waals surface area contributed by atoms with Gasteiger partial charge in [0.15, 0.2) is 5.78 Å². The topological polar surface area (TPSA) is 38.8 Å². The van der Waals surface area contributed by atoms with Crippen molar-refractivity contribution in [3.8, 4) is 11.5 Å². The molecule has 1 unspecified atom stereocenters. The Morgan fingerprint density at radius 1 is 1.35 bits per heavy atom. The summed E-state index contributed by atoms with van der Waals surface area (Å²) in [7, 11) is 1.62. The number of hydrogen-bond donors (Lipinski definition) is 0. The summed E-state index contributed by atoms with van der Waals surface area (Å²) in [6.45, 7) is 3.72. The molecule has 0 amide bonds. The van der Waals surface area contributed by atoms with Crippen LogP contribution in [0.25, 0.3) is 0 Å². The fourth-order valence-electron chi connectivity index (χ4n) is 3.07. The molecule has 0 bridgehead atoms. The van der Waals surface area contributed by atoms with Crippen molar-refractivity contribution in [3.05, 3.63) is 23.8 Å². The van der Waals surface area contributed by atoms with Crippen molar-refractivity contribution in [1.29, 1.82) is 0 Å². The number of hydrogen-bond acceptors (Lipinski definition) is 4. The Hall–Kier alpha value is -1.55. The van der Waals surface area contributed by atoms with Gasteiger partial charge in [-0.15, -0.1) is 0 Å². The molecule has 2 heterocycles. The van der Waals surface area contributed by atoms with Crippen LogP contribution in [0.5, 0.6) is 11.5 Å². The Balaban J connectivity index is 1.82. The molecular weight excluding hydrogens is 254 g/mol. The molecule has 0 radical (unpaired) electrons. The normalized spacial score (nSPS) is 23.1. The van der Waals surface area contributed by atoms with E-state index in [4.69, 9.17) is 9.47 Å². The van der Waals surface area contributed by atoms with Gasteiger partial charge in [-0.25, -0.2) is 0 Å². The third-order valence-corrected chi connectivity index (χ3v) is 4.22. The third kappa shape index (κ3) is 2.66. The first-order valence-electron chi connectivity index (χ1n) is 7.35. The molecule has 0 saturated carbocycles. The molecule has 2 aliphatic heterocycles. The van der Waals surface area contributed by atoms with Gasteiger partial charge in [-0.2, -0.15) is 0 Å². The SMILES string of the molecule is COc1ccc2c(c1)C(=O)C(CN1CCCC1)CCO2. The van der Waals surface area contributed by atoms with Gasteiger partial charge in [-0.05, 0) is 50.6 Å². The van der Waals surface area contributed by atoms with Gasteiger partial charge in [0.05, 0.1) is 19.3 Å². The third-order valence-electron chi connectivity index (χ3n) is 4.22. The van der Waals surface area contributed by atoms with E-state index in [1.807, 2.05) is 12.1 Å². The molecule has 4 heteroatoms. The molecule has 0 spiro atoms. The maximum Gasteiger partial charge on any atom is 0.171 e. The highest BCUT2D eigenvalue weighted by Crippen LogP contribution is 2.31. The van der Waals surface area contributed by atoms with Crippen LogP contribution >= 0.6 is 0 Å². The summed E-state index contributed by atoms with van der Waals surface area (Å²) in [6, 6.07) is 5.48. The second kappa shape index (κ2) is 5.83. The lowest BCUT2D eigenvalue weighted by Crippen LogP contribution is -2.31. The van der Waals surface area contributed by atoms with Gasteiger partial charge >= 0.3 is 0 Å². The summed E-state index contributed by atoms with van der Waals surface area (Å²) in [5.41, 5.74) is 0.672. The standard InChI is InChI=1S/C16H21NO3/c1-19-13-4-5-15-14(10-13)16(18)12(6-9-20-15)11-17-7-2-3-8-17/h4-5,10,12H,2-3,6-9,11H2,1H3. The van der Waals surface area contributed by atoms with Crippen LogP contribution in [-0.4, -0.2) is 44.0 Å². The number of Topliss-reactive ketones (excluding diaryl/α,β-unsaturated/α-hetero) is 1. The first kappa shape index (κ1) is 13.4. The number of benzene rings is 1. The average Bonchev–Trinajstić information content (AvgIpc) is 2.93. The Bertz CT molecular complexity index is 494. The van der Waals surface area contributed by atoms with Crippen LogP contribution in [0.1, 0.15) is 29.6 Å². The Morgan fingerprint density at radius 3 is 2.90 bits per heavy atom. The van der Waals surface area contributed by atoms with Crippen molar-refractivity contribution in [2.45, 2.75) is 19.3 Å². The molecule has 108 valence electrons. The zero-order valence-electron chi connectivity index (χ0n) is 11.9. The number of ketones is 1. The molecule has 1 saturated heterocycles. The summed E-state index contributed by atoms with van der Waals surface area (Å²) in [5.74, 6) is 1.65. The molecule has 0 aromatic heterocycles. The largest absolute Gasteiger partial charge is 0.497 e. The van der Waals surface area contributed by atoms with E-state index in [2.05, 4.69) is 4.90 Å². The number of likely N-dealkylation sites (tertiary alicyclic amines) is 1. The molecule has 1 aromatic carbocycles. The minimum absolute atomic E-state index is 0.0430. The fourth-order valence-corrected chi connectivity index (χ4v) is 3.07. The Morgan fingerprint density at radius 2 is 2.15 bits per heavy atom. The van der Waals surface area contributed by atoms with Crippen molar-refractivity contribution >= 4 is 5.78 Å². The summed E-state index contributed by atoms with van der Waals surface area (Å²) in [6.07, 6.45) is 3.30. The minimum Gasteiger partial charge on any atom is -0.497 e. The van der Waals surface area contributed by atoms with Gasteiger partial charge in [0.1, 0.15) is 11.5 Å². The predicted octanol–water partition coefficient (Wildman–Crippen LogP) is 2.37. The molecule has 0 N–H and O–H groups in total. The lowest BCUT2D eigenvalue weighted by Gasteiger charge is -2.20. The second-order valence-electron chi connectivity index (χ2n) is 5.57. The van der Waals surface area contributed by atoms with Crippen molar-refractivity contribution < 1.29 is 14.3 Å². The first-order valence-corrected chi connectivity index (χ1v) is 7.35. The Kier molecular flexibility index (Phi) is 3.92. The first-order chi connectivity index (χ1) is 9.78. The minimum atomic E-state index is 0.0430. The number of fused-ring (bicyclic) bond motifs is 1. The van der Waals surface area contributed by atoms with E-state index in [1.165, 1.54) is 12.8 Å². The average molecular weight is 275 g/mol. The highest BCUT2D eigenvalue weighted by atomic mass is 16.5. The van der Waals surface area contributed by atoms with Crippen LogP contribution in [0.3, 0.4) is 0 Å². The van der Waals surface area contributed by atoms with Crippen LogP contribution in [0.2, 0.25) is 0 Å². The van der Waals surface area contributed by atoms with Gasteiger partial charge in [-0.3, -0.25) is 4.79 Å². The summed E-state index contributed by atoms with van der Waals surface area (Å²) in [4.78, 5) is 15.1. The number of ether oxygens (including phenoxy) is 2. The van der Waals surface area contributed by atoms with E-state index >= 15 is 0 Å². The van der Waals surface area contributed by atoms with Gasteiger partial charge in [0.25, 0.3) is 0 Å². The molecule has 1 aromatic rings. The summed E-state index contributed by atoms with van der Waals surface area (Å²) < 4.78 is 10.9. The molecule has 1 fully saturated rings. The number of carbonyl (C=O) groups is 1. The molecule has 1 atom stereocenters. The highest BCUT2D eigenvalue weighted by molar-refractivity contribution is 6.01. The molecule has 4 nitrogen and oxygen atoms in total. The lowest BCUT2D eigenvalue weighted by molar-refractivity contribution is 0.0882. The van der Waals surface area contributed by atoms with E-state index < -0.39 is 0 Å². The van der Waals surface area contributed by atoms with Crippen molar-refractivity contribution in [2.75, 3.05) is 33.4 Å². The van der Waals surface area contributed by atoms with Crippen molar-refractivity contribution in [2.24, 2.45) is 5.92 Å². The van der Waals surface area contributed by atoms with Gasteiger partial charge < -0.3 is 14.4 Å². The smallest absolute Gasteiger partial charge is 0.171 e. The number of rotatable bonds is 3. The number of methoxy groups -OCH3 is 1. The van der Waals surface area contributed by atoms with Crippen molar-refractivity contribution in [1.82, 2.24) is 4.90 Å². The zero-order valence-corrected chi connectivity index (χ0v) is 11.9. The summed E-state index contributed by atoms with van der Waals surface area (Å²) >= 11 is 0. The lowest BCUT2D eigenvalue weighted by atomic mass is 9.94. The highest BCUT2D eigenvalue weighted by Gasteiger charge is 2.29. The monoisotopic (exact) mass is 275 g/mol. The maximum absolute atomic E-state index is 12.7. The van der Waals surface area contributed by atoms with E-state index in [9.17, 15) is 4.79 Å². The van der Waals surface area contributed by atoms with E-state index in [-0.39, 0.29) is 11.7 Å². The molecule has 3 rings (SSSR count). The van der Waals surface area contributed by atoms with E-state index in [1.54, 1.807) is 13.2 Å². The van der Waals surface area contributed by atoms with Gasteiger partial charge in [0, 0.05) is 12.5 Å². The molecule has 0 aliphatic carbocycles. The molecule has 2 aliphatic rings. The molecular formula is C16H21NO3. The van der Waals surface area contributed by atoms with E-state index in [0.717, 1.165) is 26.1 Å². The van der Waals surface area contributed by atoms with E-state index in [0.29, 0.717) is 23.7 Å².